The van der Waals surface area contributed by atoms with E-state index in [0.717, 1.165) is 12.5 Å². The average molecular weight is 428 g/mol. The number of esters is 1. The van der Waals surface area contributed by atoms with Gasteiger partial charge in [0.1, 0.15) is 0 Å². The van der Waals surface area contributed by atoms with Gasteiger partial charge in [-0.05, 0) is 6.42 Å². The highest BCUT2D eigenvalue weighted by Gasteiger charge is 2.40. The summed E-state index contributed by atoms with van der Waals surface area (Å²) in [4.78, 5) is 36.4. The van der Waals surface area contributed by atoms with Gasteiger partial charge in [-0.15, -0.1) is 0 Å². The number of ether oxygens (including phenoxy) is 1. The summed E-state index contributed by atoms with van der Waals surface area (Å²) in [6.45, 7) is 11.8. The van der Waals surface area contributed by atoms with Crippen molar-refractivity contribution in [3.63, 3.8) is 0 Å². The first kappa shape index (κ1) is 30.1. The second-order valence-corrected chi connectivity index (χ2v) is 9.01. The minimum atomic E-state index is -3.88. The zero-order valence-corrected chi connectivity index (χ0v) is 17.9. The summed E-state index contributed by atoms with van der Waals surface area (Å²) in [5.74, 6) is -0.803. The fourth-order valence-electron chi connectivity index (χ4n) is 1.10. The molecule has 0 unspecified atom stereocenters. The van der Waals surface area contributed by atoms with Crippen LogP contribution in [-0.2, 0) is 32.2 Å². The molecule has 0 spiro atoms. The van der Waals surface area contributed by atoms with E-state index in [1.54, 1.807) is 0 Å². The fourth-order valence-corrected chi connectivity index (χ4v) is 2.70. The fraction of sp³-hybridized carbons (Fsp3) is 0.467. The van der Waals surface area contributed by atoms with Gasteiger partial charge < -0.3 is 32.9 Å². The highest BCUT2D eigenvalue weighted by Crippen LogP contribution is 2.34. The largest absolute Gasteiger partial charge is 0.504 e. The SMILES string of the molecule is C=C(C[Si](OC)(OC)OC)C(=O)OCCC.C=CC(=O)O.C=CP(=O)(O)O. The number of carbonyl (C=O) groups is 2. The van der Waals surface area contributed by atoms with Crippen molar-refractivity contribution in [2.45, 2.75) is 19.4 Å². The Hall–Kier alpha value is -1.59. The highest BCUT2D eigenvalue weighted by molar-refractivity contribution is 7.55. The van der Waals surface area contributed by atoms with E-state index in [1.807, 2.05) is 6.92 Å². The van der Waals surface area contributed by atoms with Crippen LogP contribution < -0.4 is 0 Å². The lowest BCUT2D eigenvalue weighted by Crippen LogP contribution is -2.43. The summed E-state index contributed by atoms with van der Waals surface area (Å²) >= 11 is 0. The van der Waals surface area contributed by atoms with Crippen molar-refractivity contribution in [2.75, 3.05) is 27.9 Å². The van der Waals surface area contributed by atoms with Gasteiger partial charge in [0.05, 0.1) is 6.61 Å². The third-order valence-corrected chi connectivity index (χ3v) is 5.70. The van der Waals surface area contributed by atoms with Crippen molar-refractivity contribution >= 4 is 28.3 Å². The first-order valence-electron chi connectivity index (χ1n) is 7.43. The van der Waals surface area contributed by atoms with Crippen LogP contribution in [-0.4, -0.2) is 63.6 Å². The predicted octanol–water partition coefficient (Wildman–Crippen LogP) is 1.94. The van der Waals surface area contributed by atoms with E-state index in [-0.39, 0.29) is 6.04 Å². The molecule has 0 amide bonds. The lowest BCUT2D eigenvalue weighted by Gasteiger charge is -2.24. The molecule has 3 N–H and O–H groups in total. The summed E-state index contributed by atoms with van der Waals surface area (Å²) in [6, 6.07) is 0.235. The van der Waals surface area contributed by atoms with Crippen molar-refractivity contribution in [1.82, 2.24) is 0 Å². The zero-order chi connectivity index (χ0) is 22.1. The highest BCUT2D eigenvalue weighted by atomic mass is 31.2. The molecule has 0 aliphatic carbocycles. The van der Waals surface area contributed by atoms with Crippen LogP contribution in [0.3, 0.4) is 0 Å². The minimum absolute atomic E-state index is 0.235. The quantitative estimate of drug-likeness (QED) is 0.204. The smallest absolute Gasteiger partial charge is 0.478 e. The van der Waals surface area contributed by atoms with E-state index >= 15 is 0 Å². The molecule has 0 atom stereocenters. The van der Waals surface area contributed by atoms with E-state index < -0.39 is 28.3 Å². The Morgan fingerprint density at radius 3 is 1.70 bits per heavy atom. The summed E-state index contributed by atoms with van der Waals surface area (Å²) < 4.78 is 30.1. The van der Waals surface area contributed by atoms with Crippen LogP contribution >= 0.6 is 7.60 Å². The number of rotatable bonds is 10. The standard InChI is InChI=1S/C10H20O5Si.C3H4O2.C2H5O3P/c1-6-7-15-10(11)9(2)8-16(12-3,13-4)14-5;1-2-3(4)5;1-2-6(3,4)5/h2,6-8H2,1,3-5H3;2H,1H2,(H,4,5);2H,1H2,(H2,3,4,5). The summed E-state index contributed by atoms with van der Waals surface area (Å²) in [7, 11) is -2.20. The Balaban J connectivity index is -0.000000428. The Morgan fingerprint density at radius 2 is 1.48 bits per heavy atom. The van der Waals surface area contributed by atoms with Gasteiger partial charge in [-0.3, -0.25) is 4.57 Å². The molecule has 0 radical (unpaired) electrons. The molecule has 0 fully saturated rings. The number of carboxylic acids is 1. The molecule has 0 aromatic heterocycles. The van der Waals surface area contributed by atoms with Crippen LogP contribution in [0.15, 0.2) is 37.2 Å². The Bertz CT molecular complexity index is 516. The van der Waals surface area contributed by atoms with Gasteiger partial charge in [0.15, 0.2) is 0 Å². The number of carboxylic acid groups (broad SMARTS) is 1. The van der Waals surface area contributed by atoms with Gasteiger partial charge in [-0.2, -0.15) is 0 Å². The molecule has 0 aromatic rings. The molecule has 0 heterocycles. The summed E-state index contributed by atoms with van der Waals surface area (Å²) in [6.07, 6.45) is 1.61. The van der Waals surface area contributed by atoms with Crippen LogP contribution in [0.25, 0.3) is 0 Å². The third-order valence-electron chi connectivity index (χ3n) is 2.50. The normalized spacial score (nSPS) is 10.3. The van der Waals surface area contributed by atoms with E-state index in [9.17, 15) is 14.2 Å². The van der Waals surface area contributed by atoms with Gasteiger partial charge in [-0.25, -0.2) is 9.59 Å². The van der Waals surface area contributed by atoms with E-state index in [0.29, 0.717) is 18.0 Å². The molecular weight excluding hydrogens is 399 g/mol. The van der Waals surface area contributed by atoms with Crippen molar-refractivity contribution in [3.8, 4) is 0 Å². The number of carbonyl (C=O) groups excluding carboxylic acids is 1. The molecule has 158 valence electrons. The molecule has 0 saturated carbocycles. The molecule has 27 heavy (non-hydrogen) atoms. The molecule has 0 aromatic carbocycles. The van der Waals surface area contributed by atoms with Crippen molar-refractivity contribution in [3.05, 3.63) is 37.2 Å². The molecule has 12 heteroatoms. The zero-order valence-electron chi connectivity index (χ0n) is 16.0. The maximum atomic E-state index is 11.5. The molecule has 10 nitrogen and oxygen atoms in total. The Morgan fingerprint density at radius 1 is 1.11 bits per heavy atom. The van der Waals surface area contributed by atoms with E-state index in [1.165, 1.54) is 21.3 Å². The summed E-state index contributed by atoms with van der Waals surface area (Å²) in [5, 5.41) is 7.60. The van der Waals surface area contributed by atoms with Gasteiger partial charge in [0, 0.05) is 44.8 Å². The van der Waals surface area contributed by atoms with Crippen molar-refractivity contribution < 1.29 is 47.1 Å². The molecule has 0 bridgehead atoms. The van der Waals surface area contributed by atoms with Gasteiger partial charge in [0.25, 0.3) is 0 Å². The van der Waals surface area contributed by atoms with Crippen LogP contribution in [0.2, 0.25) is 6.04 Å². The van der Waals surface area contributed by atoms with Crippen LogP contribution in [0.5, 0.6) is 0 Å². The molecule has 0 saturated heterocycles. The lowest BCUT2D eigenvalue weighted by atomic mass is 10.3. The minimum Gasteiger partial charge on any atom is -0.478 e. The predicted molar refractivity (Wildman–Crippen MR) is 102 cm³/mol. The number of hydrogen-bond acceptors (Lipinski definition) is 7. The van der Waals surface area contributed by atoms with Gasteiger partial charge in [-0.1, -0.05) is 26.7 Å². The number of hydrogen-bond donors (Lipinski definition) is 3. The first-order chi connectivity index (χ1) is 12.4. The Labute approximate surface area is 160 Å². The maximum absolute atomic E-state index is 11.5. The van der Waals surface area contributed by atoms with E-state index in [2.05, 4.69) is 19.7 Å². The molecule has 0 aliphatic rings. The van der Waals surface area contributed by atoms with Crippen molar-refractivity contribution in [1.29, 1.82) is 0 Å². The first-order valence-corrected chi connectivity index (χ1v) is 11.0. The van der Waals surface area contributed by atoms with Crippen LogP contribution in [0, 0.1) is 0 Å². The number of aliphatic carboxylic acids is 1. The molecule has 0 rings (SSSR count). The van der Waals surface area contributed by atoms with Gasteiger partial charge in [0.2, 0.25) is 0 Å². The lowest BCUT2D eigenvalue weighted by molar-refractivity contribution is -0.139. The van der Waals surface area contributed by atoms with Crippen LogP contribution in [0.4, 0.5) is 0 Å². The third kappa shape index (κ3) is 19.0. The molecular formula is C15H29O10PSi. The Kier molecular flexibility index (Phi) is 18.5. The van der Waals surface area contributed by atoms with E-state index in [4.69, 9.17) is 32.9 Å². The van der Waals surface area contributed by atoms with Crippen molar-refractivity contribution in [2.24, 2.45) is 0 Å². The topological polar surface area (TPSA) is 149 Å². The van der Waals surface area contributed by atoms with Gasteiger partial charge >= 0.3 is 28.3 Å². The second-order valence-electron chi connectivity index (χ2n) is 4.53. The average Bonchev–Trinajstić information content (AvgIpc) is 2.64. The monoisotopic (exact) mass is 428 g/mol. The summed E-state index contributed by atoms with van der Waals surface area (Å²) in [5.41, 5.74) is 0.311. The second kappa shape index (κ2) is 16.6. The van der Waals surface area contributed by atoms with Crippen LogP contribution in [0.1, 0.15) is 13.3 Å². The maximum Gasteiger partial charge on any atom is 0.504 e. The molecule has 0 aliphatic heterocycles.